The van der Waals surface area contributed by atoms with Gasteiger partial charge in [0.05, 0.1) is 6.33 Å². The van der Waals surface area contributed by atoms with E-state index >= 15 is 0 Å². The standard InChI is InChI=1S/C10H5ClF2N6O2/c11-6-3(10(20)21)4(7(12)13)18-19(6)9-5-8(15-1-14-5)16-2-17-9/h1-2,7H,(H,20,21)(H,14,15,16,17). The molecule has 0 aromatic carbocycles. The number of fused-ring (bicyclic) bond motifs is 1. The van der Waals surface area contributed by atoms with Crippen LogP contribution in [0.3, 0.4) is 0 Å². The number of halogens is 3. The van der Waals surface area contributed by atoms with Gasteiger partial charge in [0, 0.05) is 0 Å². The molecule has 0 aliphatic rings. The molecule has 0 aliphatic heterocycles. The SMILES string of the molecule is O=C(O)c1c(C(F)F)nn(-c2ncnc3nc[nH]c23)c1Cl. The summed E-state index contributed by atoms with van der Waals surface area (Å²) in [5.41, 5.74) is -1.14. The summed E-state index contributed by atoms with van der Waals surface area (Å²) in [6.45, 7) is 0. The van der Waals surface area contributed by atoms with E-state index in [0.717, 1.165) is 11.0 Å². The number of nitrogens with zero attached hydrogens (tertiary/aromatic N) is 5. The van der Waals surface area contributed by atoms with Crippen LogP contribution in [-0.4, -0.2) is 40.8 Å². The maximum Gasteiger partial charge on any atom is 0.341 e. The zero-order valence-corrected chi connectivity index (χ0v) is 10.7. The third-order valence-corrected chi connectivity index (χ3v) is 3.03. The Morgan fingerprint density at radius 1 is 1.38 bits per heavy atom. The van der Waals surface area contributed by atoms with Gasteiger partial charge in [-0.05, 0) is 0 Å². The smallest absolute Gasteiger partial charge is 0.341 e. The molecular formula is C10H5ClF2N6O2. The molecule has 3 aromatic rings. The van der Waals surface area contributed by atoms with Crippen molar-refractivity contribution in [1.82, 2.24) is 29.7 Å². The molecule has 11 heteroatoms. The van der Waals surface area contributed by atoms with E-state index in [9.17, 15) is 13.6 Å². The average molecular weight is 315 g/mol. The first-order valence-corrected chi connectivity index (χ1v) is 5.82. The lowest BCUT2D eigenvalue weighted by Crippen LogP contribution is -2.03. The second kappa shape index (κ2) is 4.74. The van der Waals surface area contributed by atoms with Crippen LogP contribution in [0.15, 0.2) is 12.7 Å². The van der Waals surface area contributed by atoms with Crippen LogP contribution in [0.25, 0.3) is 17.0 Å². The molecule has 0 bridgehead atoms. The molecule has 108 valence electrons. The van der Waals surface area contributed by atoms with Gasteiger partial charge in [-0.15, -0.1) is 0 Å². The van der Waals surface area contributed by atoms with Crippen molar-refractivity contribution < 1.29 is 18.7 Å². The van der Waals surface area contributed by atoms with E-state index in [-0.39, 0.29) is 11.5 Å². The van der Waals surface area contributed by atoms with Gasteiger partial charge in [0.2, 0.25) is 0 Å². The number of carboxylic acids is 1. The topological polar surface area (TPSA) is 110 Å². The second-order valence-corrected chi connectivity index (χ2v) is 4.23. The largest absolute Gasteiger partial charge is 0.478 e. The molecule has 0 radical (unpaired) electrons. The summed E-state index contributed by atoms with van der Waals surface area (Å²) in [4.78, 5) is 25.4. The van der Waals surface area contributed by atoms with E-state index in [2.05, 4.69) is 25.0 Å². The fraction of sp³-hybridized carbons (Fsp3) is 0.100. The van der Waals surface area contributed by atoms with Gasteiger partial charge in [0.25, 0.3) is 6.43 Å². The minimum Gasteiger partial charge on any atom is -0.478 e. The number of aromatic nitrogens is 6. The Labute approximate surface area is 119 Å². The van der Waals surface area contributed by atoms with Crippen molar-refractivity contribution >= 4 is 28.7 Å². The van der Waals surface area contributed by atoms with Crippen molar-refractivity contribution in [1.29, 1.82) is 0 Å². The summed E-state index contributed by atoms with van der Waals surface area (Å²) >= 11 is 5.86. The van der Waals surface area contributed by atoms with Crippen molar-refractivity contribution in [3.8, 4) is 5.82 Å². The van der Waals surface area contributed by atoms with Gasteiger partial charge in [0.15, 0.2) is 11.5 Å². The predicted molar refractivity (Wildman–Crippen MR) is 65.7 cm³/mol. The Morgan fingerprint density at radius 2 is 2.14 bits per heavy atom. The molecule has 0 fully saturated rings. The van der Waals surface area contributed by atoms with Crippen LogP contribution < -0.4 is 0 Å². The Bertz CT molecular complexity index is 845. The molecule has 0 saturated carbocycles. The lowest BCUT2D eigenvalue weighted by Gasteiger charge is -2.02. The van der Waals surface area contributed by atoms with E-state index in [1.807, 2.05) is 0 Å². The number of aromatic amines is 1. The molecule has 0 atom stereocenters. The molecule has 2 N–H and O–H groups in total. The van der Waals surface area contributed by atoms with E-state index < -0.39 is 28.8 Å². The molecule has 3 heterocycles. The van der Waals surface area contributed by atoms with Crippen LogP contribution >= 0.6 is 11.6 Å². The third-order valence-electron chi connectivity index (χ3n) is 2.68. The average Bonchev–Trinajstić information content (AvgIpc) is 3.02. The number of hydrogen-bond acceptors (Lipinski definition) is 5. The number of carbonyl (C=O) groups is 1. The summed E-state index contributed by atoms with van der Waals surface area (Å²) < 4.78 is 26.6. The highest BCUT2D eigenvalue weighted by Gasteiger charge is 2.29. The van der Waals surface area contributed by atoms with Gasteiger partial charge in [-0.2, -0.15) is 5.10 Å². The number of carboxylic acid groups (broad SMARTS) is 1. The fourth-order valence-electron chi connectivity index (χ4n) is 1.82. The summed E-state index contributed by atoms with van der Waals surface area (Å²) in [6, 6.07) is 0. The molecule has 21 heavy (non-hydrogen) atoms. The van der Waals surface area contributed by atoms with Crippen LogP contribution in [0.5, 0.6) is 0 Å². The quantitative estimate of drug-likeness (QED) is 0.763. The Kier molecular flexibility index (Phi) is 3.01. The fourth-order valence-corrected chi connectivity index (χ4v) is 2.11. The monoisotopic (exact) mass is 314 g/mol. The lowest BCUT2D eigenvalue weighted by molar-refractivity contribution is 0.0684. The van der Waals surface area contributed by atoms with Crippen LogP contribution in [0.2, 0.25) is 5.15 Å². The van der Waals surface area contributed by atoms with Gasteiger partial charge in [-0.3, -0.25) is 0 Å². The predicted octanol–water partition coefficient (Wildman–Crippen LogP) is 1.83. The normalized spacial score (nSPS) is 11.4. The number of nitrogens with one attached hydrogen (secondary N) is 1. The minimum absolute atomic E-state index is 0.0249. The third kappa shape index (κ3) is 2.00. The van der Waals surface area contributed by atoms with Gasteiger partial charge >= 0.3 is 5.97 Å². The van der Waals surface area contributed by atoms with E-state index in [1.54, 1.807) is 0 Å². The number of alkyl halides is 2. The summed E-state index contributed by atoms with van der Waals surface area (Å²) in [5.74, 6) is -1.58. The van der Waals surface area contributed by atoms with Crippen LogP contribution in [0, 0.1) is 0 Å². The zero-order valence-electron chi connectivity index (χ0n) is 9.96. The number of rotatable bonds is 3. The van der Waals surface area contributed by atoms with E-state index in [4.69, 9.17) is 16.7 Å². The molecule has 0 saturated heterocycles. The molecule has 3 aromatic heterocycles. The Morgan fingerprint density at radius 3 is 2.76 bits per heavy atom. The van der Waals surface area contributed by atoms with Gasteiger partial charge in [0.1, 0.15) is 28.3 Å². The molecule has 8 nitrogen and oxygen atoms in total. The maximum atomic E-state index is 12.9. The molecule has 0 amide bonds. The molecule has 0 aliphatic carbocycles. The van der Waals surface area contributed by atoms with Crippen molar-refractivity contribution in [2.45, 2.75) is 6.43 Å². The zero-order chi connectivity index (χ0) is 15.1. The van der Waals surface area contributed by atoms with Crippen molar-refractivity contribution in [2.75, 3.05) is 0 Å². The molecule has 0 spiro atoms. The first-order chi connectivity index (χ1) is 10.0. The summed E-state index contributed by atoms with van der Waals surface area (Å²) in [5, 5.41) is 12.1. The van der Waals surface area contributed by atoms with Crippen molar-refractivity contribution in [2.24, 2.45) is 0 Å². The molecular weight excluding hydrogens is 310 g/mol. The highest BCUT2D eigenvalue weighted by Crippen LogP contribution is 2.30. The first-order valence-electron chi connectivity index (χ1n) is 5.45. The second-order valence-electron chi connectivity index (χ2n) is 3.87. The molecule has 3 rings (SSSR count). The van der Waals surface area contributed by atoms with Gasteiger partial charge < -0.3 is 10.1 Å². The number of H-pyrrole nitrogens is 1. The van der Waals surface area contributed by atoms with Gasteiger partial charge in [-0.1, -0.05) is 11.6 Å². The number of imidazole rings is 1. The summed E-state index contributed by atoms with van der Waals surface area (Å²) in [7, 11) is 0. The van der Waals surface area contributed by atoms with E-state index in [0.29, 0.717) is 5.52 Å². The van der Waals surface area contributed by atoms with Crippen molar-refractivity contribution in [3.05, 3.63) is 29.1 Å². The Hall–Kier alpha value is -2.62. The number of hydrogen-bond donors (Lipinski definition) is 2. The van der Waals surface area contributed by atoms with Crippen LogP contribution in [-0.2, 0) is 0 Å². The highest BCUT2D eigenvalue weighted by atomic mass is 35.5. The maximum absolute atomic E-state index is 12.9. The van der Waals surface area contributed by atoms with Crippen molar-refractivity contribution in [3.63, 3.8) is 0 Å². The van der Waals surface area contributed by atoms with Crippen LogP contribution in [0.4, 0.5) is 8.78 Å². The highest BCUT2D eigenvalue weighted by molar-refractivity contribution is 6.33. The summed E-state index contributed by atoms with van der Waals surface area (Å²) in [6.07, 6.45) is -0.625. The van der Waals surface area contributed by atoms with Gasteiger partial charge in [-0.25, -0.2) is 33.2 Å². The van der Waals surface area contributed by atoms with Crippen LogP contribution in [0.1, 0.15) is 22.5 Å². The first kappa shape index (κ1) is 13.4. The number of aromatic carboxylic acids is 1. The minimum atomic E-state index is -3.09. The van der Waals surface area contributed by atoms with E-state index in [1.165, 1.54) is 6.33 Å². The molecule has 0 unspecified atom stereocenters. The Balaban J connectivity index is 2.31. The lowest BCUT2D eigenvalue weighted by atomic mass is 10.2.